The van der Waals surface area contributed by atoms with Crippen LogP contribution in [-0.2, 0) is 17.8 Å². The normalized spacial score (nSPS) is 11.6. The molecule has 0 bridgehead atoms. The maximum atomic E-state index is 6.14. The fraction of sp³-hybridized carbons (Fsp3) is 0.444. The van der Waals surface area contributed by atoms with Gasteiger partial charge in [-0.25, -0.2) is 9.97 Å². The first kappa shape index (κ1) is 17.1. The molecule has 0 amide bonds. The quantitative estimate of drug-likeness (QED) is 0.609. The maximum Gasteiger partial charge on any atom is 0.151 e. The molecule has 0 aliphatic carbocycles. The Morgan fingerprint density at radius 3 is 2.88 bits per heavy atom. The van der Waals surface area contributed by atoms with E-state index in [0.717, 1.165) is 57.4 Å². The smallest absolute Gasteiger partial charge is 0.151 e. The summed E-state index contributed by atoms with van der Waals surface area (Å²) in [5.41, 5.74) is 14.5. The van der Waals surface area contributed by atoms with E-state index in [1.54, 1.807) is 11.3 Å². The van der Waals surface area contributed by atoms with Gasteiger partial charge < -0.3 is 16.2 Å². The molecular formula is C18H24N4OS. The number of fused-ring (bicyclic) bond motifs is 3. The van der Waals surface area contributed by atoms with Gasteiger partial charge in [0.15, 0.2) is 5.82 Å². The van der Waals surface area contributed by atoms with Crippen LogP contribution in [0.2, 0.25) is 0 Å². The van der Waals surface area contributed by atoms with E-state index in [2.05, 4.69) is 18.0 Å². The molecular weight excluding hydrogens is 320 g/mol. The molecule has 24 heavy (non-hydrogen) atoms. The molecule has 2 heterocycles. The van der Waals surface area contributed by atoms with Crippen molar-refractivity contribution in [2.45, 2.75) is 39.2 Å². The third-order valence-electron chi connectivity index (χ3n) is 4.01. The Morgan fingerprint density at radius 1 is 1.21 bits per heavy atom. The minimum absolute atomic E-state index is 0.512. The van der Waals surface area contributed by atoms with Gasteiger partial charge in [0.2, 0.25) is 0 Å². The van der Waals surface area contributed by atoms with Crippen molar-refractivity contribution >= 4 is 38.3 Å². The third-order valence-corrected chi connectivity index (χ3v) is 5.14. The molecule has 0 saturated carbocycles. The fourth-order valence-corrected chi connectivity index (χ4v) is 3.96. The summed E-state index contributed by atoms with van der Waals surface area (Å²) < 4.78 is 6.89. The van der Waals surface area contributed by atoms with Gasteiger partial charge in [-0.1, -0.05) is 25.5 Å². The molecule has 0 aliphatic rings. The number of aromatic nitrogens is 2. The number of nitrogens with two attached hydrogens (primary N) is 2. The summed E-state index contributed by atoms with van der Waals surface area (Å²) in [4.78, 5) is 9.27. The monoisotopic (exact) mass is 344 g/mol. The maximum absolute atomic E-state index is 6.14. The summed E-state index contributed by atoms with van der Waals surface area (Å²) in [6.07, 6.45) is 4.16. The van der Waals surface area contributed by atoms with E-state index in [4.69, 9.17) is 21.2 Å². The van der Waals surface area contributed by atoms with Crippen molar-refractivity contribution in [2.24, 2.45) is 5.73 Å². The Morgan fingerprint density at radius 2 is 2.08 bits per heavy atom. The molecule has 1 aromatic carbocycles. The zero-order chi connectivity index (χ0) is 16.9. The first-order chi connectivity index (χ1) is 11.7. The van der Waals surface area contributed by atoms with E-state index in [1.165, 1.54) is 0 Å². The van der Waals surface area contributed by atoms with Crippen LogP contribution in [0.3, 0.4) is 0 Å². The zero-order valence-electron chi connectivity index (χ0n) is 14.0. The second-order valence-electron chi connectivity index (χ2n) is 5.89. The molecule has 0 unspecified atom stereocenters. The number of nitrogen functional groups attached to an aromatic ring is 1. The lowest BCUT2D eigenvalue weighted by Gasteiger charge is -2.08. The number of benzene rings is 1. The lowest BCUT2D eigenvalue weighted by molar-refractivity contribution is 0.121. The molecule has 128 valence electrons. The first-order valence-corrected chi connectivity index (χ1v) is 9.30. The molecule has 2 aromatic heterocycles. The van der Waals surface area contributed by atoms with Gasteiger partial charge in [0, 0.05) is 12.0 Å². The van der Waals surface area contributed by atoms with Gasteiger partial charge in [0.05, 0.1) is 21.8 Å². The average molecular weight is 344 g/mol. The average Bonchev–Trinajstić information content (AvgIpc) is 3.01. The summed E-state index contributed by atoms with van der Waals surface area (Å²) >= 11 is 1.73. The molecule has 0 spiro atoms. The van der Waals surface area contributed by atoms with Crippen molar-refractivity contribution in [1.29, 1.82) is 0 Å². The second-order valence-corrected chi connectivity index (χ2v) is 6.98. The summed E-state index contributed by atoms with van der Waals surface area (Å²) in [5, 5.41) is 2.25. The Bertz CT molecular complexity index is 831. The number of nitrogens with zero attached hydrogens (tertiary/aromatic N) is 2. The molecule has 0 radical (unpaired) electrons. The van der Waals surface area contributed by atoms with Crippen LogP contribution in [0.1, 0.15) is 36.8 Å². The predicted molar refractivity (Wildman–Crippen MR) is 101 cm³/mol. The fourth-order valence-electron chi connectivity index (χ4n) is 2.75. The molecule has 3 aromatic rings. The zero-order valence-corrected chi connectivity index (χ0v) is 14.9. The van der Waals surface area contributed by atoms with Crippen molar-refractivity contribution in [2.75, 3.05) is 18.9 Å². The minimum Gasteiger partial charge on any atom is -0.382 e. The first-order valence-electron chi connectivity index (χ1n) is 8.49. The van der Waals surface area contributed by atoms with Crippen molar-refractivity contribution in [1.82, 2.24) is 9.97 Å². The van der Waals surface area contributed by atoms with E-state index in [0.29, 0.717) is 25.6 Å². The second kappa shape index (κ2) is 7.88. The molecule has 0 fully saturated rings. The van der Waals surface area contributed by atoms with Crippen molar-refractivity contribution < 1.29 is 4.74 Å². The lowest BCUT2D eigenvalue weighted by atomic mass is 10.1. The number of aryl methyl sites for hydroxylation is 1. The Labute approximate surface area is 146 Å². The Balaban J connectivity index is 2.04. The van der Waals surface area contributed by atoms with Gasteiger partial charge >= 0.3 is 0 Å². The number of rotatable bonds is 8. The van der Waals surface area contributed by atoms with Crippen molar-refractivity contribution in [3.63, 3.8) is 0 Å². The number of ether oxygens (including phenoxy) is 1. The number of hydrogen-bond acceptors (Lipinski definition) is 6. The SMILES string of the molecule is CCCCc1nc2c(N)nc3cccc(COCCCN)c3c2s1. The molecule has 5 nitrogen and oxygen atoms in total. The highest BCUT2D eigenvalue weighted by atomic mass is 32.1. The van der Waals surface area contributed by atoms with Gasteiger partial charge in [-0.2, -0.15) is 0 Å². The van der Waals surface area contributed by atoms with Gasteiger partial charge in [0.25, 0.3) is 0 Å². The van der Waals surface area contributed by atoms with Crippen LogP contribution in [0.5, 0.6) is 0 Å². The molecule has 3 rings (SSSR count). The summed E-state index contributed by atoms with van der Waals surface area (Å²) in [6.45, 7) is 4.06. The van der Waals surface area contributed by atoms with Crippen LogP contribution in [0.4, 0.5) is 5.82 Å². The number of unbranched alkanes of at least 4 members (excludes halogenated alkanes) is 1. The van der Waals surface area contributed by atoms with Crippen LogP contribution in [-0.4, -0.2) is 23.1 Å². The van der Waals surface area contributed by atoms with E-state index in [-0.39, 0.29) is 0 Å². The third kappa shape index (κ3) is 3.50. The largest absolute Gasteiger partial charge is 0.382 e. The summed E-state index contributed by atoms with van der Waals surface area (Å²) in [5.74, 6) is 0.512. The molecule has 0 aliphatic heterocycles. The van der Waals surface area contributed by atoms with Crippen molar-refractivity contribution in [3.05, 3.63) is 28.8 Å². The number of anilines is 1. The summed E-state index contributed by atoms with van der Waals surface area (Å²) in [7, 11) is 0. The molecule has 0 saturated heterocycles. The van der Waals surface area contributed by atoms with Crippen LogP contribution in [0, 0.1) is 0 Å². The molecule has 6 heteroatoms. The van der Waals surface area contributed by atoms with Gasteiger partial charge in [0.1, 0.15) is 5.52 Å². The van der Waals surface area contributed by atoms with Crippen LogP contribution in [0.25, 0.3) is 21.1 Å². The highest BCUT2D eigenvalue weighted by molar-refractivity contribution is 7.19. The van der Waals surface area contributed by atoms with Crippen LogP contribution < -0.4 is 11.5 Å². The van der Waals surface area contributed by atoms with Gasteiger partial charge in [-0.3, -0.25) is 0 Å². The molecule has 0 atom stereocenters. The predicted octanol–water partition coefficient (Wildman–Crippen LogP) is 3.63. The Kier molecular flexibility index (Phi) is 5.60. The Hall–Kier alpha value is -1.76. The topological polar surface area (TPSA) is 87.0 Å². The standard InChI is InChI=1S/C18H24N4OS/c1-2-3-8-14-22-16-17(24-14)15-12(11-23-10-5-9-19)6-4-7-13(15)21-18(16)20/h4,6-7H,2-3,5,8-11,19H2,1H3,(H2,20,21). The van der Waals surface area contributed by atoms with Gasteiger partial charge in [-0.05, 0) is 37.4 Å². The van der Waals surface area contributed by atoms with Crippen LogP contribution in [0.15, 0.2) is 18.2 Å². The van der Waals surface area contributed by atoms with E-state index in [1.807, 2.05) is 12.1 Å². The number of pyridine rings is 1. The highest BCUT2D eigenvalue weighted by Crippen LogP contribution is 2.35. The van der Waals surface area contributed by atoms with Crippen molar-refractivity contribution in [3.8, 4) is 0 Å². The minimum atomic E-state index is 0.512. The van der Waals surface area contributed by atoms with E-state index in [9.17, 15) is 0 Å². The summed E-state index contributed by atoms with van der Waals surface area (Å²) in [6, 6.07) is 6.09. The van der Waals surface area contributed by atoms with E-state index >= 15 is 0 Å². The number of hydrogen-bond donors (Lipinski definition) is 2. The van der Waals surface area contributed by atoms with Gasteiger partial charge in [-0.15, -0.1) is 11.3 Å². The lowest BCUT2D eigenvalue weighted by Crippen LogP contribution is -2.04. The van der Waals surface area contributed by atoms with E-state index < -0.39 is 0 Å². The highest BCUT2D eigenvalue weighted by Gasteiger charge is 2.15. The molecule has 4 N–H and O–H groups in total. The van der Waals surface area contributed by atoms with Crippen LogP contribution >= 0.6 is 11.3 Å². The number of thiazole rings is 1.